The molecule has 8 heteroatoms. The van der Waals surface area contributed by atoms with Crippen LogP contribution in [-0.2, 0) is 10.5 Å². The van der Waals surface area contributed by atoms with Gasteiger partial charge in [0.1, 0.15) is 0 Å². The summed E-state index contributed by atoms with van der Waals surface area (Å²) < 4.78 is 0. The molecule has 21 heavy (non-hydrogen) atoms. The molecule has 0 unspecified atom stereocenters. The Balaban J connectivity index is 1.68. The molecule has 1 aromatic carbocycles. The van der Waals surface area contributed by atoms with Crippen LogP contribution >= 0.6 is 34.7 Å². The molecule has 0 fully saturated rings. The Morgan fingerprint density at radius 3 is 3.14 bits per heavy atom. The van der Waals surface area contributed by atoms with Gasteiger partial charge in [-0.1, -0.05) is 23.4 Å². The largest absolute Gasteiger partial charge is 0.333 e. The number of carbonyl (C=O) groups excluding carboxylic acids is 1. The summed E-state index contributed by atoms with van der Waals surface area (Å²) in [6, 6.07) is 5.56. The van der Waals surface area contributed by atoms with Gasteiger partial charge in [0.05, 0.1) is 16.7 Å². The highest BCUT2D eigenvalue weighted by atomic mass is 35.5. The van der Waals surface area contributed by atoms with Gasteiger partial charge in [-0.2, -0.15) is 0 Å². The quantitative estimate of drug-likeness (QED) is 0.707. The molecule has 0 bridgehead atoms. The van der Waals surface area contributed by atoms with Crippen molar-refractivity contribution in [3.8, 4) is 0 Å². The van der Waals surface area contributed by atoms with E-state index in [1.165, 1.54) is 18.3 Å². The lowest BCUT2D eigenvalue weighted by Gasteiger charge is -1.95. The van der Waals surface area contributed by atoms with Crippen molar-refractivity contribution in [1.82, 2.24) is 15.0 Å². The van der Waals surface area contributed by atoms with Crippen LogP contribution < -0.4 is 5.32 Å². The van der Waals surface area contributed by atoms with Crippen LogP contribution in [0.5, 0.6) is 0 Å². The lowest BCUT2D eigenvalue weighted by atomic mass is 10.3. The van der Waals surface area contributed by atoms with E-state index in [9.17, 15) is 4.79 Å². The molecule has 0 spiro atoms. The second kappa shape index (κ2) is 6.05. The third kappa shape index (κ3) is 3.55. The maximum atomic E-state index is 11.0. The number of benzene rings is 1. The molecule has 3 rings (SSSR count). The number of thioether (sulfide) groups is 1. The fourth-order valence-electron chi connectivity index (χ4n) is 1.75. The van der Waals surface area contributed by atoms with Gasteiger partial charge in [-0.05, 0) is 18.2 Å². The molecule has 108 valence electrons. The lowest BCUT2D eigenvalue weighted by molar-refractivity contribution is -0.114. The van der Waals surface area contributed by atoms with E-state index in [2.05, 4.69) is 20.3 Å². The fraction of sp³-hybridized carbons (Fsp3) is 0.154. The summed E-state index contributed by atoms with van der Waals surface area (Å²) in [6.07, 6.45) is 0. The Kier molecular flexibility index (Phi) is 4.14. The molecule has 0 aliphatic rings. The Morgan fingerprint density at radius 1 is 1.48 bits per heavy atom. The van der Waals surface area contributed by atoms with E-state index in [0.717, 1.165) is 21.9 Å². The highest BCUT2D eigenvalue weighted by molar-refractivity contribution is 7.98. The number of hydrogen-bond acceptors (Lipinski definition) is 5. The Labute approximate surface area is 134 Å². The molecule has 0 saturated carbocycles. The summed E-state index contributed by atoms with van der Waals surface area (Å²) in [4.78, 5) is 23.0. The van der Waals surface area contributed by atoms with Gasteiger partial charge in [-0.25, -0.2) is 9.97 Å². The second-order valence-corrected chi connectivity index (χ2v) is 6.58. The summed E-state index contributed by atoms with van der Waals surface area (Å²) in [5.41, 5.74) is 2.72. The Hall–Kier alpha value is -1.57. The van der Waals surface area contributed by atoms with Crippen LogP contribution in [0.2, 0.25) is 5.02 Å². The van der Waals surface area contributed by atoms with E-state index in [1.54, 1.807) is 11.8 Å². The van der Waals surface area contributed by atoms with Crippen molar-refractivity contribution < 1.29 is 4.79 Å². The van der Waals surface area contributed by atoms with E-state index in [1.807, 2.05) is 23.6 Å². The highest BCUT2D eigenvalue weighted by Crippen LogP contribution is 2.26. The van der Waals surface area contributed by atoms with Crippen LogP contribution in [0.25, 0.3) is 11.0 Å². The average molecular weight is 339 g/mol. The topological polar surface area (TPSA) is 70.7 Å². The van der Waals surface area contributed by atoms with Crippen LogP contribution in [0.15, 0.2) is 28.7 Å². The number of aromatic amines is 1. The number of nitrogens with one attached hydrogen (secondary N) is 2. The molecule has 2 aromatic heterocycles. The number of hydrogen-bond donors (Lipinski definition) is 2. The number of nitrogens with zero attached hydrogens (tertiary/aromatic N) is 2. The van der Waals surface area contributed by atoms with E-state index < -0.39 is 0 Å². The zero-order valence-electron chi connectivity index (χ0n) is 11.0. The second-order valence-electron chi connectivity index (χ2n) is 4.32. The van der Waals surface area contributed by atoms with Gasteiger partial charge < -0.3 is 10.3 Å². The van der Waals surface area contributed by atoms with Gasteiger partial charge in [0.15, 0.2) is 10.3 Å². The molecule has 0 saturated heterocycles. The van der Waals surface area contributed by atoms with Crippen LogP contribution in [0, 0.1) is 0 Å². The summed E-state index contributed by atoms with van der Waals surface area (Å²) in [7, 11) is 0. The molecule has 2 N–H and O–H groups in total. The Morgan fingerprint density at radius 2 is 2.33 bits per heavy atom. The summed E-state index contributed by atoms with van der Waals surface area (Å²) in [5.74, 6) is 0.571. The minimum absolute atomic E-state index is 0.113. The van der Waals surface area contributed by atoms with Crippen LogP contribution in [0.4, 0.5) is 5.13 Å². The number of carbonyl (C=O) groups is 1. The predicted octanol–water partition coefficient (Wildman–Crippen LogP) is 3.92. The standard InChI is InChI=1S/C13H11ClN4OS2/c1-7(19)15-12-16-9(5-20-12)6-21-13-17-10-3-2-8(14)4-11(10)18-13/h2-5H,6H2,1H3,(H,17,18)(H,15,16,19). The summed E-state index contributed by atoms with van der Waals surface area (Å²) in [6.45, 7) is 1.47. The van der Waals surface area contributed by atoms with Crippen molar-refractivity contribution in [1.29, 1.82) is 0 Å². The van der Waals surface area contributed by atoms with Crippen LogP contribution in [-0.4, -0.2) is 20.9 Å². The van der Waals surface area contributed by atoms with Gasteiger partial charge in [-0.3, -0.25) is 4.79 Å². The van der Waals surface area contributed by atoms with Crippen LogP contribution in [0.3, 0.4) is 0 Å². The number of fused-ring (bicyclic) bond motifs is 1. The van der Waals surface area contributed by atoms with Gasteiger partial charge in [0.2, 0.25) is 5.91 Å². The van der Waals surface area contributed by atoms with Crippen molar-refractivity contribution in [2.24, 2.45) is 0 Å². The maximum Gasteiger partial charge on any atom is 0.223 e. The first-order chi connectivity index (χ1) is 10.1. The highest BCUT2D eigenvalue weighted by Gasteiger charge is 2.07. The molecule has 3 aromatic rings. The number of amides is 1. The third-order valence-electron chi connectivity index (χ3n) is 2.61. The summed E-state index contributed by atoms with van der Waals surface area (Å²) >= 11 is 8.92. The maximum absolute atomic E-state index is 11.0. The molecule has 0 radical (unpaired) electrons. The molecule has 0 atom stereocenters. The molecule has 5 nitrogen and oxygen atoms in total. The van der Waals surface area contributed by atoms with E-state index in [4.69, 9.17) is 11.6 Å². The van der Waals surface area contributed by atoms with E-state index >= 15 is 0 Å². The van der Waals surface area contributed by atoms with Gasteiger partial charge >= 0.3 is 0 Å². The molecule has 2 heterocycles. The number of thiazole rings is 1. The zero-order valence-corrected chi connectivity index (χ0v) is 13.4. The first kappa shape index (κ1) is 14.4. The molecule has 0 aliphatic heterocycles. The first-order valence-electron chi connectivity index (χ1n) is 6.10. The number of anilines is 1. The third-order valence-corrected chi connectivity index (χ3v) is 4.56. The molecular formula is C13H11ClN4OS2. The molecular weight excluding hydrogens is 328 g/mol. The zero-order chi connectivity index (χ0) is 14.8. The van der Waals surface area contributed by atoms with Gasteiger partial charge in [-0.15, -0.1) is 11.3 Å². The van der Waals surface area contributed by atoms with Gasteiger partial charge in [0.25, 0.3) is 0 Å². The van der Waals surface area contributed by atoms with E-state index in [-0.39, 0.29) is 5.91 Å². The average Bonchev–Trinajstić information content (AvgIpc) is 3.01. The van der Waals surface area contributed by atoms with Crippen LogP contribution in [0.1, 0.15) is 12.6 Å². The van der Waals surface area contributed by atoms with Crippen molar-refractivity contribution in [2.75, 3.05) is 5.32 Å². The monoisotopic (exact) mass is 338 g/mol. The normalized spacial score (nSPS) is 11.0. The van der Waals surface area contributed by atoms with Gasteiger partial charge in [0, 0.05) is 23.1 Å². The lowest BCUT2D eigenvalue weighted by Crippen LogP contribution is -2.05. The number of imidazole rings is 1. The fourth-order valence-corrected chi connectivity index (χ4v) is 3.56. The van der Waals surface area contributed by atoms with E-state index in [0.29, 0.717) is 15.9 Å². The van der Waals surface area contributed by atoms with Crippen molar-refractivity contribution in [3.63, 3.8) is 0 Å². The first-order valence-corrected chi connectivity index (χ1v) is 8.34. The summed E-state index contributed by atoms with van der Waals surface area (Å²) in [5, 5.41) is 6.72. The number of halogens is 1. The number of rotatable bonds is 4. The van der Waals surface area contributed by atoms with Crippen molar-refractivity contribution in [3.05, 3.63) is 34.3 Å². The van der Waals surface area contributed by atoms with Crippen molar-refractivity contribution in [2.45, 2.75) is 17.8 Å². The Bertz CT molecular complexity index is 798. The van der Waals surface area contributed by atoms with Crippen molar-refractivity contribution >= 4 is 56.8 Å². The SMILES string of the molecule is CC(=O)Nc1nc(CSc2nc3ccc(Cl)cc3[nH]2)cs1. The predicted molar refractivity (Wildman–Crippen MR) is 87.1 cm³/mol. The smallest absolute Gasteiger partial charge is 0.223 e. The number of aromatic nitrogens is 3. The number of H-pyrrole nitrogens is 1. The minimum atomic E-state index is -0.113. The molecule has 1 amide bonds. The minimum Gasteiger partial charge on any atom is -0.333 e. The molecule has 0 aliphatic carbocycles.